The topological polar surface area (TPSA) is 63.6 Å². The van der Waals surface area contributed by atoms with Crippen LogP contribution in [-0.4, -0.2) is 19.9 Å². The van der Waals surface area contributed by atoms with E-state index in [9.17, 15) is 0 Å². The van der Waals surface area contributed by atoms with Gasteiger partial charge in [-0.25, -0.2) is 19.9 Å². The first-order chi connectivity index (χ1) is 11.7. The van der Waals surface area contributed by atoms with Crippen LogP contribution in [0.2, 0.25) is 10.3 Å². The third-order valence-corrected chi connectivity index (χ3v) is 4.91. The summed E-state index contributed by atoms with van der Waals surface area (Å²) in [5, 5.41) is 6.58. The van der Waals surface area contributed by atoms with Crippen molar-refractivity contribution in [2.45, 2.75) is 0 Å². The van der Waals surface area contributed by atoms with E-state index in [2.05, 4.69) is 30.6 Å². The van der Waals surface area contributed by atoms with Gasteiger partial charge in [0.05, 0.1) is 5.39 Å². The Morgan fingerprint density at radius 1 is 0.875 bits per heavy atom. The summed E-state index contributed by atoms with van der Waals surface area (Å²) in [6, 6.07) is 10.1. The van der Waals surface area contributed by atoms with Gasteiger partial charge in [0.1, 0.15) is 29.0 Å². The van der Waals surface area contributed by atoms with Crippen molar-refractivity contribution >= 4 is 56.3 Å². The molecule has 118 valence electrons. The SMILES string of the molecule is Clc1ncnc(Cl)c1Nc1ncnc2scc(-c3ccccc3)c12. The van der Waals surface area contributed by atoms with Crippen LogP contribution in [0.5, 0.6) is 0 Å². The van der Waals surface area contributed by atoms with Gasteiger partial charge in [0.2, 0.25) is 0 Å². The van der Waals surface area contributed by atoms with E-state index in [1.165, 1.54) is 12.7 Å². The molecular weight excluding hydrogens is 365 g/mol. The lowest BCUT2D eigenvalue weighted by molar-refractivity contribution is 1.16. The monoisotopic (exact) mass is 373 g/mol. The van der Waals surface area contributed by atoms with Gasteiger partial charge < -0.3 is 5.32 Å². The summed E-state index contributed by atoms with van der Waals surface area (Å²) in [7, 11) is 0. The molecule has 0 aliphatic rings. The summed E-state index contributed by atoms with van der Waals surface area (Å²) in [6.07, 6.45) is 2.81. The average Bonchev–Trinajstić information content (AvgIpc) is 3.04. The first-order valence-corrected chi connectivity index (χ1v) is 8.58. The normalized spacial score (nSPS) is 10.9. The van der Waals surface area contributed by atoms with E-state index in [4.69, 9.17) is 23.2 Å². The van der Waals surface area contributed by atoms with Gasteiger partial charge in [-0.1, -0.05) is 53.5 Å². The van der Waals surface area contributed by atoms with Gasteiger partial charge in [0.15, 0.2) is 10.3 Å². The third kappa shape index (κ3) is 2.69. The van der Waals surface area contributed by atoms with Crippen molar-refractivity contribution < 1.29 is 0 Å². The second-order valence-corrected chi connectivity index (χ2v) is 6.45. The summed E-state index contributed by atoms with van der Waals surface area (Å²) < 4.78 is 0. The molecule has 0 saturated heterocycles. The summed E-state index contributed by atoms with van der Waals surface area (Å²) >= 11 is 13.8. The van der Waals surface area contributed by atoms with Crippen LogP contribution < -0.4 is 5.32 Å². The van der Waals surface area contributed by atoms with Crippen LogP contribution in [0.4, 0.5) is 11.5 Å². The molecule has 8 heteroatoms. The predicted molar refractivity (Wildman–Crippen MR) is 98.2 cm³/mol. The molecule has 0 saturated carbocycles. The number of rotatable bonds is 3. The van der Waals surface area contributed by atoms with Crippen LogP contribution >= 0.6 is 34.5 Å². The fourth-order valence-corrected chi connectivity index (χ4v) is 3.69. The number of anilines is 2. The number of hydrogen-bond acceptors (Lipinski definition) is 6. The highest BCUT2D eigenvalue weighted by Crippen LogP contribution is 2.38. The van der Waals surface area contributed by atoms with Crippen molar-refractivity contribution in [1.82, 2.24) is 19.9 Å². The van der Waals surface area contributed by atoms with Gasteiger partial charge in [0.25, 0.3) is 0 Å². The second kappa shape index (κ2) is 6.32. The lowest BCUT2D eigenvalue weighted by atomic mass is 10.1. The van der Waals surface area contributed by atoms with Crippen molar-refractivity contribution in [3.8, 4) is 11.1 Å². The number of aromatic nitrogens is 4. The maximum atomic E-state index is 6.12. The van der Waals surface area contributed by atoms with Crippen LogP contribution in [0.25, 0.3) is 21.3 Å². The molecule has 0 spiro atoms. The van der Waals surface area contributed by atoms with Gasteiger partial charge >= 0.3 is 0 Å². The molecule has 0 radical (unpaired) electrons. The first kappa shape index (κ1) is 15.3. The smallest absolute Gasteiger partial charge is 0.157 e. The largest absolute Gasteiger partial charge is 0.335 e. The minimum atomic E-state index is 0.234. The van der Waals surface area contributed by atoms with Crippen LogP contribution in [0.3, 0.4) is 0 Å². The van der Waals surface area contributed by atoms with Crippen molar-refractivity contribution in [2.75, 3.05) is 5.32 Å². The third-order valence-electron chi connectivity index (χ3n) is 3.45. The Bertz CT molecular complexity index is 999. The molecule has 5 nitrogen and oxygen atoms in total. The summed E-state index contributed by atoms with van der Waals surface area (Å²) in [5.41, 5.74) is 2.55. The Hall–Kier alpha value is -2.28. The van der Waals surface area contributed by atoms with E-state index < -0.39 is 0 Å². The summed E-state index contributed by atoms with van der Waals surface area (Å²) in [5.74, 6) is 0.610. The highest BCUT2D eigenvalue weighted by molar-refractivity contribution is 7.17. The van der Waals surface area contributed by atoms with E-state index in [-0.39, 0.29) is 10.3 Å². The van der Waals surface area contributed by atoms with Gasteiger partial charge in [-0.2, -0.15) is 0 Å². The molecule has 0 aliphatic heterocycles. The molecule has 1 N–H and O–H groups in total. The van der Waals surface area contributed by atoms with Crippen LogP contribution in [-0.2, 0) is 0 Å². The molecule has 0 bridgehead atoms. The average molecular weight is 374 g/mol. The Kier molecular flexibility index (Phi) is 4.02. The zero-order valence-corrected chi connectivity index (χ0v) is 14.4. The molecule has 0 unspecified atom stereocenters. The quantitative estimate of drug-likeness (QED) is 0.500. The number of fused-ring (bicyclic) bond motifs is 1. The molecule has 0 atom stereocenters. The minimum absolute atomic E-state index is 0.234. The Labute approximate surface area is 151 Å². The Morgan fingerprint density at radius 3 is 2.33 bits per heavy atom. The minimum Gasteiger partial charge on any atom is -0.335 e. The van der Waals surface area contributed by atoms with Crippen LogP contribution in [0.1, 0.15) is 0 Å². The van der Waals surface area contributed by atoms with Crippen LogP contribution in [0, 0.1) is 0 Å². The lowest BCUT2D eigenvalue weighted by Gasteiger charge is -2.10. The van der Waals surface area contributed by atoms with E-state index in [0.29, 0.717) is 11.5 Å². The van der Waals surface area contributed by atoms with Crippen molar-refractivity contribution in [1.29, 1.82) is 0 Å². The standard InChI is InChI=1S/C16H9Cl2N5S/c17-13-12(14(18)20-7-19-13)23-15-11-10(9-4-2-1-3-5-9)6-24-16(11)22-8-21-15/h1-8H,(H,21,22,23). The van der Waals surface area contributed by atoms with Gasteiger partial charge in [0, 0.05) is 10.9 Å². The molecule has 0 aliphatic carbocycles. The summed E-state index contributed by atoms with van der Waals surface area (Å²) in [6.45, 7) is 0. The van der Waals surface area contributed by atoms with Crippen molar-refractivity contribution in [3.63, 3.8) is 0 Å². The number of nitrogens with zero attached hydrogens (tertiary/aromatic N) is 4. The zero-order chi connectivity index (χ0) is 16.5. The van der Waals surface area contributed by atoms with E-state index in [0.717, 1.165) is 21.3 Å². The fraction of sp³-hybridized carbons (Fsp3) is 0. The fourth-order valence-electron chi connectivity index (χ4n) is 2.37. The molecule has 0 fully saturated rings. The van der Waals surface area contributed by atoms with E-state index in [1.54, 1.807) is 11.3 Å². The van der Waals surface area contributed by atoms with Gasteiger partial charge in [-0.3, -0.25) is 0 Å². The maximum Gasteiger partial charge on any atom is 0.157 e. The van der Waals surface area contributed by atoms with E-state index in [1.807, 2.05) is 30.3 Å². The molecule has 3 heterocycles. The zero-order valence-electron chi connectivity index (χ0n) is 12.1. The number of halogens is 2. The number of benzene rings is 1. The predicted octanol–water partition coefficient (Wildman–Crippen LogP) is 5.20. The maximum absolute atomic E-state index is 6.12. The molecule has 3 aromatic heterocycles. The van der Waals surface area contributed by atoms with Crippen molar-refractivity contribution in [2.24, 2.45) is 0 Å². The molecule has 24 heavy (non-hydrogen) atoms. The number of nitrogens with one attached hydrogen (secondary N) is 1. The van der Waals surface area contributed by atoms with E-state index >= 15 is 0 Å². The Balaban J connectivity index is 1.89. The molecule has 4 aromatic rings. The van der Waals surface area contributed by atoms with Crippen molar-refractivity contribution in [3.05, 3.63) is 58.7 Å². The second-order valence-electron chi connectivity index (χ2n) is 4.87. The number of hydrogen-bond donors (Lipinski definition) is 1. The molecular formula is C16H9Cl2N5S. The molecule has 0 amide bonds. The summed E-state index contributed by atoms with van der Waals surface area (Å²) in [4.78, 5) is 17.5. The number of thiophene rings is 1. The van der Waals surface area contributed by atoms with Gasteiger partial charge in [-0.15, -0.1) is 11.3 Å². The lowest BCUT2D eigenvalue weighted by Crippen LogP contribution is -1.99. The van der Waals surface area contributed by atoms with Gasteiger partial charge in [-0.05, 0) is 5.56 Å². The molecule has 1 aromatic carbocycles. The van der Waals surface area contributed by atoms with Crippen LogP contribution in [0.15, 0.2) is 48.4 Å². The molecule has 4 rings (SSSR count). The highest BCUT2D eigenvalue weighted by atomic mass is 35.5. The Morgan fingerprint density at radius 2 is 1.58 bits per heavy atom. The highest BCUT2D eigenvalue weighted by Gasteiger charge is 2.16. The first-order valence-electron chi connectivity index (χ1n) is 6.94.